The molecule has 0 heterocycles. The number of aliphatic carboxylic acids is 1. The van der Waals surface area contributed by atoms with Crippen molar-refractivity contribution < 1.29 is 19.5 Å². The molecule has 0 aliphatic rings. The van der Waals surface area contributed by atoms with Crippen molar-refractivity contribution in [1.29, 1.82) is 0 Å². The van der Waals surface area contributed by atoms with Crippen LogP contribution in [0.5, 0.6) is 0 Å². The van der Waals surface area contributed by atoms with E-state index in [1.807, 2.05) is 30.3 Å². The van der Waals surface area contributed by atoms with Gasteiger partial charge in [0.05, 0.1) is 5.75 Å². The zero-order valence-electron chi connectivity index (χ0n) is 11.5. The quantitative estimate of drug-likeness (QED) is 0.623. The molecule has 2 amide bonds. The van der Waals surface area contributed by atoms with Crippen LogP contribution in [-0.4, -0.2) is 34.7 Å². The molecule has 0 unspecified atom stereocenters. The summed E-state index contributed by atoms with van der Waals surface area (Å²) in [6, 6.07) is 8.58. The summed E-state index contributed by atoms with van der Waals surface area (Å²) < 4.78 is 0. The molecule has 1 aromatic carbocycles. The Bertz CT molecular complexity index is 493. The summed E-state index contributed by atoms with van der Waals surface area (Å²) in [7, 11) is 0. The van der Waals surface area contributed by atoms with Gasteiger partial charge in [0.15, 0.2) is 0 Å². The van der Waals surface area contributed by atoms with E-state index >= 15 is 0 Å². The zero-order chi connectivity index (χ0) is 15.7. The smallest absolute Gasteiger partial charge is 0.326 e. The van der Waals surface area contributed by atoms with E-state index in [2.05, 4.69) is 5.32 Å². The van der Waals surface area contributed by atoms with Gasteiger partial charge >= 0.3 is 5.97 Å². The lowest BCUT2D eigenvalue weighted by molar-refractivity contribution is -0.141. The summed E-state index contributed by atoms with van der Waals surface area (Å²) in [6.07, 6.45) is -0.0752. The second kappa shape index (κ2) is 9.02. The van der Waals surface area contributed by atoms with Crippen molar-refractivity contribution in [3.63, 3.8) is 0 Å². The average Bonchev–Trinajstić information content (AvgIpc) is 2.44. The maximum Gasteiger partial charge on any atom is 0.326 e. The van der Waals surface area contributed by atoms with Crippen LogP contribution in [0.1, 0.15) is 18.4 Å². The summed E-state index contributed by atoms with van der Waals surface area (Å²) in [5, 5.41) is 11.4. The number of hydrogen-bond acceptors (Lipinski definition) is 4. The largest absolute Gasteiger partial charge is 0.480 e. The van der Waals surface area contributed by atoms with Crippen LogP contribution in [0.4, 0.5) is 0 Å². The molecule has 0 radical (unpaired) electrons. The number of primary amides is 1. The maximum absolute atomic E-state index is 11.7. The van der Waals surface area contributed by atoms with Crippen molar-refractivity contribution in [3.05, 3.63) is 35.9 Å². The number of nitrogens with two attached hydrogens (primary N) is 1. The Morgan fingerprint density at radius 2 is 1.90 bits per heavy atom. The van der Waals surface area contributed by atoms with E-state index < -0.39 is 17.9 Å². The number of benzene rings is 1. The van der Waals surface area contributed by atoms with E-state index in [4.69, 9.17) is 10.8 Å². The molecule has 1 aromatic rings. The number of nitrogens with one attached hydrogen (secondary N) is 1. The van der Waals surface area contributed by atoms with Gasteiger partial charge in [0.1, 0.15) is 6.04 Å². The molecule has 1 atom stereocenters. The van der Waals surface area contributed by atoms with Crippen LogP contribution >= 0.6 is 11.8 Å². The van der Waals surface area contributed by atoms with Crippen LogP contribution in [0, 0.1) is 0 Å². The molecule has 0 aromatic heterocycles. The third-order valence-electron chi connectivity index (χ3n) is 2.66. The number of amides is 2. The van der Waals surface area contributed by atoms with Crippen molar-refractivity contribution in [2.45, 2.75) is 24.6 Å². The van der Waals surface area contributed by atoms with Crippen molar-refractivity contribution in [2.75, 3.05) is 5.75 Å². The zero-order valence-corrected chi connectivity index (χ0v) is 12.3. The van der Waals surface area contributed by atoms with Crippen LogP contribution in [0.3, 0.4) is 0 Å². The summed E-state index contributed by atoms with van der Waals surface area (Å²) in [5.41, 5.74) is 6.06. The van der Waals surface area contributed by atoms with Gasteiger partial charge in [-0.05, 0) is 12.0 Å². The number of carboxylic acid groups (broad SMARTS) is 1. The molecule has 4 N–H and O–H groups in total. The van der Waals surface area contributed by atoms with Crippen molar-refractivity contribution in [3.8, 4) is 0 Å². The molecule has 0 aliphatic heterocycles. The van der Waals surface area contributed by atoms with Gasteiger partial charge in [-0.25, -0.2) is 4.79 Å². The molecular formula is C14H18N2O4S. The van der Waals surface area contributed by atoms with E-state index in [0.29, 0.717) is 5.75 Å². The first kappa shape index (κ1) is 17.0. The average molecular weight is 310 g/mol. The van der Waals surface area contributed by atoms with E-state index in [1.165, 1.54) is 11.8 Å². The van der Waals surface area contributed by atoms with Crippen LogP contribution in [0.15, 0.2) is 30.3 Å². The summed E-state index contributed by atoms with van der Waals surface area (Å²) in [4.78, 5) is 33.3. The Morgan fingerprint density at radius 3 is 2.48 bits per heavy atom. The molecule has 21 heavy (non-hydrogen) atoms. The van der Waals surface area contributed by atoms with Crippen LogP contribution in [-0.2, 0) is 20.1 Å². The summed E-state index contributed by atoms with van der Waals surface area (Å²) >= 11 is 1.40. The topological polar surface area (TPSA) is 109 Å². The molecule has 7 heteroatoms. The lowest BCUT2D eigenvalue weighted by atomic mass is 10.1. The Hall–Kier alpha value is -2.02. The Labute approximate surface area is 127 Å². The number of thioether (sulfide) groups is 1. The van der Waals surface area contributed by atoms with Gasteiger partial charge in [0.25, 0.3) is 0 Å². The standard InChI is InChI=1S/C14H18N2O4S/c15-12(17)7-6-11(14(19)20)16-13(18)9-21-8-10-4-2-1-3-5-10/h1-5,11H,6-9H2,(H2,15,17)(H,16,18)(H,19,20)/t11-/m0/s1. The van der Waals surface area contributed by atoms with Crippen molar-refractivity contribution >= 4 is 29.5 Å². The van der Waals surface area contributed by atoms with Gasteiger partial charge in [-0.2, -0.15) is 0 Å². The summed E-state index contributed by atoms with van der Waals surface area (Å²) in [5.74, 6) is -1.29. The molecule has 0 saturated heterocycles. The number of hydrogen-bond donors (Lipinski definition) is 3. The fourth-order valence-corrected chi connectivity index (χ4v) is 2.41. The highest BCUT2D eigenvalue weighted by atomic mass is 32.2. The predicted molar refractivity (Wildman–Crippen MR) is 80.6 cm³/mol. The fraction of sp³-hybridized carbons (Fsp3) is 0.357. The normalized spacial score (nSPS) is 11.6. The highest BCUT2D eigenvalue weighted by molar-refractivity contribution is 7.99. The molecular weight excluding hydrogens is 292 g/mol. The predicted octanol–water partition coefficient (Wildman–Crippen LogP) is 0.755. The second-order valence-electron chi connectivity index (χ2n) is 4.44. The number of carbonyl (C=O) groups excluding carboxylic acids is 2. The van der Waals surface area contributed by atoms with E-state index in [0.717, 1.165) is 5.56 Å². The van der Waals surface area contributed by atoms with Gasteiger partial charge in [0.2, 0.25) is 11.8 Å². The third kappa shape index (κ3) is 7.36. The Balaban J connectivity index is 2.33. The van der Waals surface area contributed by atoms with Gasteiger partial charge in [0, 0.05) is 12.2 Å². The monoisotopic (exact) mass is 310 g/mol. The second-order valence-corrected chi connectivity index (χ2v) is 5.43. The molecule has 0 bridgehead atoms. The first-order valence-corrected chi connectivity index (χ1v) is 7.56. The molecule has 0 aliphatic carbocycles. The van der Waals surface area contributed by atoms with Crippen molar-refractivity contribution in [2.24, 2.45) is 5.73 Å². The Kier molecular flexibility index (Phi) is 7.31. The minimum atomic E-state index is -1.17. The molecule has 6 nitrogen and oxygen atoms in total. The third-order valence-corrected chi connectivity index (χ3v) is 3.66. The summed E-state index contributed by atoms with van der Waals surface area (Å²) in [6.45, 7) is 0. The van der Waals surface area contributed by atoms with Crippen LogP contribution in [0.25, 0.3) is 0 Å². The SMILES string of the molecule is NC(=O)CC[C@H](NC(=O)CSCc1ccccc1)C(=O)O. The van der Waals surface area contributed by atoms with Crippen LogP contribution in [0.2, 0.25) is 0 Å². The minimum Gasteiger partial charge on any atom is -0.480 e. The van der Waals surface area contributed by atoms with Gasteiger partial charge < -0.3 is 16.2 Å². The van der Waals surface area contributed by atoms with E-state index in [9.17, 15) is 14.4 Å². The highest BCUT2D eigenvalue weighted by Crippen LogP contribution is 2.11. The first-order chi connectivity index (χ1) is 9.99. The van der Waals surface area contributed by atoms with Crippen LogP contribution < -0.4 is 11.1 Å². The van der Waals surface area contributed by atoms with Crippen molar-refractivity contribution in [1.82, 2.24) is 5.32 Å². The minimum absolute atomic E-state index is 0.000239. The number of carboxylic acids is 1. The van der Waals surface area contributed by atoms with Gasteiger partial charge in [-0.3, -0.25) is 9.59 Å². The van der Waals surface area contributed by atoms with Gasteiger partial charge in [-0.15, -0.1) is 11.8 Å². The molecule has 0 fully saturated rings. The lowest BCUT2D eigenvalue weighted by Crippen LogP contribution is -2.42. The van der Waals surface area contributed by atoms with E-state index in [1.54, 1.807) is 0 Å². The lowest BCUT2D eigenvalue weighted by Gasteiger charge is -2.13. The van der Waals surface area contributed by atoms with Gasteiger partial charge in [-0.1, -0.05) is 30.3 Å². The molecule has 0 saturated carbocycles. The Morgan fingerprint density at radius 1 is 1.24 bits per heavy atom. The molecule has 1 rings (SSSR count). The van der Waals surface area contributed by atoms with E-state index in [-0.39, 0.29) is 24.5 Å². The number of carbonyl (C=O) groups is 3. The fourth-order valence-electron chi connectivity index (χ4n) is 1.62. The first-order valence-electron chi connectivity index (χ1n) is 6.41. The molecule has 114 valence electrons. The molecule has 0 spiro atoms. The number of rotatable bonds is 9. The maximum atomic E-state index is 11.7. The highest BCUT2D eigenvalue weighted by Gasteiger charge is 2.20.